The number of ether oxygens (including phenoxy) is 2. The van der Waals surface area contributed by atoms with Crippen LogP contribution in [0.1, 0.15) is 0 Å². The highest BCUT2D eigenvalue weighted by Gasteiger charge is 2.22. The van der Waals surface area contributed by atoms with Crippen molar-refractivity contribution in [2.24, 2.45) is 0 Å². The van der Waals surface area contributed by atoms with Gasteiger partial charge in [-0.25, -0.2) is 8.42 Å². The predicted octanol–water partition coefficient (Wildman–Crippen LogP) is 1.30. The van der Waals surface area contributed by atoms with E-state index in [2.05, 4.69) is 4.90 Å². The van der Waals surface area contributed by atoms with E-state index in [1.807, 2.05) is 0 Å². The number of nitrogens with zero attached hydrogens (tertiary/aromatic N) is 2. The fourth-order valence-corrected chi connectivity index (χ4v) is 3.73. The van der Waals surface area contributed by atoms with E-state index >= 15 is 0 Å². The Bertz CT molecular complexity index is 603. The molecule has 1 saturated heterocycles. The molecule has 0 radical (unpaired) electrons. The summed E-state index contributed by atoms with van der Waals surface area (Å²) in [7, 11) is -0.485. The Morgan fingerprint density at radius 3 is 2.64 bits per heavy atom. The highest BCUT2D eigenvalue weighted by molar-refractivity contribution is 7.89. The summed E-state index contributed by atoms with van der Waals surface area (Å²) in [6.07, 6.45) is 0. The molecule has 0 unspecified atom stereocenters. The molecule has 0 aromatic heterocycles. The van der Waals surface area contributed by atoms with Crippen LogP contribution < -0.4 is 4.74 Å². The number of sulfonamides is 1. The average Bonchev–Trinajstić information content (AvgIpc) is 2.53. The fraction of sp³-hybridized carbons (Fsp3) is 0.571. The summed E-state index contributed by atoms with van der Waals surface area (Å²) < 4.78 is 36.7. The van der Waals surface area contributed by atoms with Gasteiger partial charge in [-0.05, 0) is 18.2 Å². The van der Waals surface area contributed by atoms with Crippen molar-refractivity contribution in [2.75, 3.05) is 53.6 Å². The molecule has 0 saturated carbocycles. The van der Waals surface area contributed by atoms with Crippen LogP contribution in [0.3, 0.4) is 0 Å². The van der Waals surface area contributed by atoms with Crippen LogP contribution in [0.2, 0.25) is 5.02 Å². The van der Waals surface area contributed by atoms with Crippen molar-refractivity contribution in [3.63, 3.8) is 0 Å². The summed E-state index contributed by atoms with van der Waals surface area (Å²) in [5.74, 6) is 0.455. The second-order valence-electron chi connectivity index (χ2n) is 5.08. The van der Waals surface area contributed by atoms with Gasteiger partial charge in [0.1, 0.15) is 5.75 Å². The van der Waals surface area contributed by atoms with E-state index in [-0.39, 0.29) is 9.92 Å². The topological polar surface area (TPSA) is 59.1 Å². The zero-order valence-corrected chi connectivity index (χ0v) is 14.4. The van der Waals surface area contributed by atoms with E-state index in [1.54, 1.807) is 13.1 Å². The van der Waals surface area contributed by atoms with Crippen LogP contribution in [0, 0.1) is 0 Å². The lowest BCUT2D eigenvalue weighted by Crippen LogP contribution is -2.41. The Morgan fingerprint density at radius 1 is 1.36 bits per heavy atom. The van der Waals surface area contributed by atoms with Crippen molar-refractivity contribution in [1.29, 1.82) is 0 Å². The third-order valence-corrected chi connectivity index (χ3v) is 5.81. The molecule has 2 rings (SSSR count). The number of rotatable bonds is 6. The molecule has 0 spiro atoms. The van der Waals surface area contributed by atoms with Gasteiger partial charge in [0.25, 0.3) is 0 Å². The summed E-state index contributed by atoms with van der Waals surface area (Å²) in [4.78, 5) is 2.36. The number of hydrogen-bond donors (Lipinski definition) is 0. The third kappa shape index (κ3) is 4.11. The molecule has 0 bridgehead atoms. The Balaban J connectivity index is 2.03. The van der Waals surface area contributed by atoms with Gasteiger partial charge in [-0.15, -0.1) is 0 Å². The van der Waals surface area contributed by atoms with Crippen LogP contribution in [0.5, 0.6) is 5.75 Å². The standard InChI is InChI=1S/C14H21ClN2O4S/c1-16(5-6-17-7-9-21-10-8-17)22(18,19)12-3-4-14(20-2)13(15)11-12/h3-4,11H,5-10H2,1-2H3. The van der Waals surface area contributed by atoms with Crippen LogP contribution >= 0.6 is 11.6 Å². The first kappa shape index (κ1) is 17.5. The maximum atomic E-state index is 12.5. The zero-order valence-electron chi connectivity index (χ0n) is 12.8. The van der Waals surface area contributed by atoms with Gasteiger partial charge < -0.3 is 9.47 Å². The van der Waals surface area contributed by atoms with Crippen LogP contribution in [-0.4, -0.2) is 71.2 Å². The summed E-state index contributed by atoms with van der Waals surface area (Å²) in [6.45, 7) is 4.18. The molecule has 1 fully saturated rings. The maximum absolute atomic E-state index is 12.5. The Morgan fingerprint density at radius 2 is 2.05 bits per heavy atom. The second-order valence-corrected chi connectivity index (χ2v) is 7.53. The van der Waals surface area contributed by atoms with Gasteiger partial charge in [-0.2, -0.15) is 4.31 Å². The Hall–Kier alpha value is -0.860. The normalized spacial score (nSPS) is 16.9. The molecule has 1 heterocycles. The van der Waals surface area contributed by atoms with E-state index in [0.717, 1.165) is 13.1 Å². The molecule has 0 atom stereocenters. The lowest BCUT2D eigenvalue weighted by molar-refractivity contribution is 0.0368. The summed E-state index contributed by atoms with van der Waals surface area (Å²) in [5, 5.41) is 0.283. The second kappa shape index (κ2) is 7.61. The van der Waals surface area contributed by atoms with Crippen molar-refractivity contribution in [3.05, 3.63) is 23.2 Å². The van der Waals surface area contributed by atoms with Crippen molar-refractivity contribution in [3.8, 4) is 5.75 Å². The van der Waals surface area contributed by atoms with E-state index < -0.39 is 10.0 Å². The minimum absolute atomic E-state index is 0.169. The Kier molecular flexibility index (Phi) is 6.05. The average molecular weight is 349 g/mol. The fourth-order valence-electron chi connectivity index (χ4n) is 2.21. The molecular formula is C14H21ClN2O4S. The summed E-state index contributed by atoms with van der Waals surface area (Å²) >= 11 is 6.01. The largest absolute Gasteiger partial charge is 0.495 e. The molecule has 6 nitrogen and oxygen atoms in total. The van der Waals surface area contributed by atoms with Crippen LogP contribution in [0.4, 0.5) is 0 Å². The first-order valence-electron chi connectivity index (χ1n) is 7.05. The van der Waals surface area contributed by atoms with Gasteiger partial charge in [0, 0.05) is 33.2 Å². The highest BCUT2D eigenvalue weighted by atomic mass is 35.5. The number of hydrogen-bond acceptors (Lipinski definition) is 5. The first-order chi connectivity index (χ1) is 10.4. The highest BCUT2D eigenvalue weighted by Crippen LogP contribution is 2.28. The van der Waals surface area contributed by atoms with Gasteiger partial charge >= 0.3 is 0 Å². The molecule has 1 aliphatic heterocycles. The molecular weight excluding hydrogens is 328 g/mol. The van der Waals surface area contributed by atoms with E-state index in [9.17, 15) is 8.42 Å². The molecule has 124 valence electrons. The van der Waals surface area contributed by atoms with Gasteiger partial charge in [-0.1, -0.05) is 11.6 Å². The molecule has 0 aliphatic carbocycles. The van der Waals surface area contributed by atoms with Crippen molar-refractivity contribution in [1.82, 2.24) is 9.21 Å². The van der Waals surface area contributed by atoms with Crippen molar-refractivity contribution in [2.45, 2.75) is 4.90 Å². The van der Waals surface area contributed by atoms with Gasteiger partial charge in [-0.3, -0.25) is 4.90 Å². The maximum Gasteiger partial charge on any atom is 0.242 e. The van der Waals surface area contributed by atoms with E-state index in [4.69, 9.17) is 21.1 Å². The minimum atomic E-state index is -3.55. The van der Waals surface area contributed by atoms with Gasteiger partial charge in [0.2, 0.25) is 10.0 Å². The van der Waals surface area contributed by atoms with Crippen LogP contribution in [-0.2, 0) is 14.8 Å². The van der Waals surface area contributed by atoms with E-state index in [1.165, 1.54) is 23.5 Å². The molecule has 8 heteroatoms. The zero-order chi connectivity index (χ0) is 16.2. The number of morpholine rings is 1. The predicted molar refractivity (Wildman–Crippen MR) is 85.1 cm³/mol. The third-order valence-electron chi connectivity index (χ3n) is 3.67. The number of halogens is 1. The molecule has 1 aliphatic rings. The lowest BCUT2D eigenvalue weighted by Gasteiger charge is -2.28. The van der Waals surface area contributed by atoms with Crippen molar-refractivity contribution < 1.29 is 17.9 Å². The van der Waals surface area contributed by atoms with Crippen LogP contribution in [0.25, 0.3) is 0 Å². The summed E-state index contributed by atoms with van der Waals surface area (Å²) in [6, 6.07) is 4.48. The SMILES string of the molecule is COc1ccc(S(=O)(=O)N(C)CCN2CCOCC2)cc1Cl. The molecule has 0 N–H and O–H groups in total. The molecule has 22 heavy (non-hydrogen) atoms. The molecule has 1 aromatic carbocycles. The molecule has 0 amide bonds. The Labute approximate surface area is 136 Å². The quantitative estimate of drug-likeness (QED) is 0.775. The molecule has 1 aromatic rings. The first-order valence-corrected chi connectivity index (χ1v) is 8.87. The smallest absolute Gasteiger partial charge is 0.242 e. The lowest BCUT2D eigenvalue weighted by atomic mass is 10.3. The van der Waals surface area contributed by atoms with Crippen LogP contribution in [0.15, 0.2) is 23.1 Å². The number of methoxy groups -OCH3 is 1. The summed E-state index contributed by atoms with van der Waals surface area (Å²) in [5.41, 5.74) is 0. The van der Waals surface area contributed by atoms with Gasteiger partial charge in [0.05, 0.1) is 30.2 Å². The number of benzene rings is 1. The van der Waals surface area contributed by atoms with E-state index in [0.29, 0.717) is 32.1 Å². The van der Waals surface area contributed by atoms with Crippen molar-refractivity contribution >= 4 is 21.6 Å². The number of likely N-dealkylation sites (N-methyl/N-ethyl adjacent to an activating group) is 1. The monoisotopic (exact) mass is 348 g/mol. The minimum Gasteiger partial charge on any atom is -0.495 e. The van der Waals surface area contributed by atoms with Gasteiger partial charge in [0.15, 0.2) is 0 Å².